The number of nitrogens with two attached hydrogens (primary N) is 1. The van der Waals surface area contributed by atoms with Gasteiger partial charge in [0.1, 0.15) is 0 Å². The van der Waals surface area contributed by atoms with E-state index in [4.69, 9.17) is 22.1 Å². The summed E-state index contributed by atoms with van der Waals surface area (Å²) in [4.78, 5) is 11.6. The molecule has 1 rings (SSSR count). The van der Waals surface area contributed by atoms with Gasteiger partial charge in [-0.15, -0.1) is 0 Å². The molecule has 4 nitrogen and oxygen atoms in total. The first-order valence-electron chi connectivity index (χ1n) is 7.44. The van der Waals surface area contributed by atoms with Gasteiger partial charge in [0, 0.05) is 16.8 Å². The zero-order valence-corrected chi connectivity index (χ0v) is 15.2. The predicted octanol–water partition coefficient (Wildman–Crippen LogP) is 4.41. The van der Waals surface area contributed by atoms with E-state index in [-0.39, 0.29) is 22.0 Å². The van der Waals surface area contributed by atoms with Gasteiger partial charge in [-0.1, -0.05) is 37.8 Å². The molecule has 0 fully saturated rings. The molecule has 0 aliphatic heterocycles. The quantitative estimate of drug-likeness (QED) is 0.441. The number of rotatable bonds is 7. The number of carbonyl (C=O) groups is 1. The highest BCUT2D eigenvalue weighted by Gasteiger charge is 2.17. The first-order valence-corrected chi connectivity index (χ1v) is 7.82. The van der Waals surface area contributed by atoms with Crippen LogP contribution in [0.1, 0.15) is 18.9 Å². The first kappa shape index (κ1) is 20.5. The molecule has 0 aromatic heterocycles. The van der Waals surface area contributed by atoms with Gasteiger partial charge in [0.05, 0.1) is 24.8 Å². The number of esters is 1. The molecule has 0 heterocycles. The van der Waals surface area contributed by atoms with Crippen molar-refractivity contribution >= 4 is 23.1 Å². The highest BCUT2D eigenvalue weighted by atomic mass is 35.5. The normalized spacial score (nSPS) is 12.3. The van der Waals surface area contributed by atoms with Crippen LogP contribution in [0.2, 0.25) is 5.02 Å². The molecule has 0 saturated heterocycles. The lowest BCUT2D eigenvalue weighted by Gasteiger charge is -2.13. The van der Waals surface area contributed by atoms with Gasteiger partial charge in [0.15, 0.2) is 11.6 Å². The van der Waals surface area contributed by atoms with Gasteiger partial charge >= 0.3 is 5.97 Å². The molecule has 25 heavy (non-hydrogen) atoms. The summed E-state index contributed by atoms with van der Waals surface area (Å²) in [6, 6.07) is 3.09. The maximum atomic E-state index is 14.6. The standard InChI is InChI=1S/C19H21ClFNO3/c1-6-12(14-8-9-15(20)18(24-4)17(14)21)10-16(22)13(7-2)11(3)19(23)25-5/h7-10H,2-3,6,22H2,1,4-5H3/b12-10+,16-13+. The van der Waals surface area contributed by atoms with Crippen molar-refractivity contribution in [3.8, 4) is 5.75 Å². The Bertz CT molecular complexity index is 766. The number of allylic oxidation sites excluding steroid dienone is 3. The van der Waals surface area contributed by atoms with Crippen LogP contribution >= 0.6 is 11.6 Å². The molecule has 0 atom stereocenters. The molecule has 0 amide bonds. The van der Waals surface area contributed by atoms with Gasteiger partial charge in [-0.3, -0.25) is 0 Å². The molecule has 0 aliphatic carbocycles. The number of methoxy groups -OCH3 is 2. The largest absolute Gasteiger partial charge is 0.492 e. The Morgan fingerprint density at radius 3 is 2.52 bits per heavy atom. The zero-order chi connectivity index (χ0) is 19.1. The number of hydrogen-bond donors (Lipinski definition) is 1. The van der Waals surface area contributed by atoms with Crippen LogP contribution in [-0.4, -0.2) is 20.2 Å². The van der Waals surface area contributed by atoms with Crippen LogP contribution in [0.15, 0.2) is 54.3 Å². The smallest absolute Gasteiger partial charge is 0.337 e. The molecular weight excluding hydrogens is 345 g/mol. The summed E-state index contributed by atoms with van der Waals surface area (Å²) in [5, 5.41) is 0.175. The van der Waals surface area contributed by atoms with E-state index in [0.29, 0.717) is 23.1 Å². The van der Waals surface area contributed by atoms with Crippen LogP contribution in [0.5, 0.6) is 5.75 Å². The second-order valence-electron chi connectivity index (χ2n) is 5.01. The topological polar surface area (TPSA) is 61.5 Å². The zero-order valence-electron chi connectivity index (χ0n) is 14.5. The lowest BCUT2D eigenvalue weighted by atomic mass is 9.98. The number of halogens is 2. The fourth-order valence-corrected chi connectivity index (χ4v) is 2.47. The molecule has 0 bridgehead atoms. The minimum Gasteiger partial charge on any atom is -0.492 e. The van der Waals surface area contributed by atoms with Gasteiger partial charge in [-0.25, -0.2) is 9.18 Å². The van der Waals surface area contributed by atoms with E-state index >= 15 is 0 Å². The Kier molecular flexibility index (Phi) is 7.45. The maximum Gasteiger partial charge on any atom is 0.337 e. The Hall–Kier alpha value is -2.53. The summed E-state index contributed by atoms with van der Waals surface area (Å²) in [5.41, 5.74) is 7.58. The molecule has 0 spiro atoms. The van der Waals surface area contributed by atoms with Gasteiger partial charge < -0.3 is 15.2 Å². The van der Waals surface area contributed by atoms with Crippen molar-refractivity contribution in [2.45, 2.75) is 13.3 Å². The molecule has 0 aliphatic rings. The van der Waals surface area contributed by atoms with E-state index in [9.17, 15) is 9.18 Å². The fourth-order valence-electron chi connectivity index (χ4n) is 2.25. The number of carbonyl (C=O) groups excluding carboxylic acids is 1. The van der Waals surface area contributed by atoms with Gasteiger partial charge in [0.2, 0.25) is 0 Å². The maximum absolute atomic E-state index is 14.6. The van der Waals surface area contributed by atoms with E-state index in [1.807, 2.05) is 6.92 Å². The van der Waals surface area contributed by atoms with Crippen molar-refractivity contribution in [1.29, 1.82) is 0 Å². The molecule has 6 heteroatoms. The van der Waals surface area contributed by atoms with Crippen molar-refractivity contribution < 1.29 is 18.7 Å². The lowest BCUT2D eigenvalue weighted by Crippen LogP contribution is -2.10. The van der Waals surface area contributed by atoms with Crippen LogP contribution < -0.4 is 10.5 Å². The predicted molar refractivity (Wildman–Crippen MR) is 98.8 cm³/mol. The van der Waals surface area contributed by atoms with E-state index < -0.39 is 11.8 Å². The van der Waals surface area contributed by atoms with Crippen LogP contribution in [-0.2, 0) is 9.53 Å². The molecule has 0 saturated carbocycles. The Labute approximate surface area is 152 Å². The fraction of sp³-hybridized carbons (Fsp3) is 0.211. The molecular formula is C19H21ClFNO3. The number of ether oxygens (including phenoxy) is 2. The summed E-state index contributed by atoms with van der Waals surface area (Å²) in [5.74, 6) is -1.24. The third-order valence-electron chi connectivity index (χ3n) is 3.58. The third kappa shape index (κ3) is 4.51. The molecule has 0 radical (unpaired) electrons. The van der Waals surface area contributed by atoms with Crippen molar-refractivity contribution in [3.63, 3.8) is 0 Å². The monoisotopic (exact) mass is 365 g/mol. The first-order chi connectivity index (χ1) is 11.8. The third-order valence-corrected chi connectivity index (χ3v) is 3.88. The number of hydrogen-bond acceptors (Lipinski definition) is 4. The summed E-state index contributed by atoms with van der Waals surface area (Å²) in [6.07, 6.45) is 3.45. The summed E-state index contributed by atoms with van der Waals surface area (Å²) < 4.78 is 24.3. The Balaban J connectivity index is 3.49. The van der Waals surface area contributed by atoms with Crippen molar-refractivity contribution in [2.75, 3.05) is 14.2 Å². The van der Waals surface area contributed by atoms with Crippen LogP contribution in [0, 0.1) is 5.82 Å². The minimum absolute atomic E-state index is 0.0380. The van der Waals surface area contributed by atoms with Gasteiger partial charge in [0.25, 0.3) is 0 Å². The van der Waals surface area contributed by atoms with Gasteiger partial charge in [-0.2, -0.15) is 0 Å². The van der Waals surface area contributed by atoms with Crippen LogP contribution in [0.4, 0.5) is 4.39 Å². The van der Waals surface area contributed by atoms with Crippen molar-refractivity contribution in [1.82, 2.24) is 0 Å². The van der Waals surface area contributed by atoms with Crippen LogP contribution in [0.25, 0.3) is 5.57 Å². The minimum atomic E-state index is -0.622. The summed E-state index contributed by atoms with van der Waals surface area (Å²) in [6.45, 7) is 9.14. The molecule has 1 aromatic carbocycles. The summed E-state index contributed by atoms with van der Waals surface area (Å²) in [7, 11) is 2.58. The van der Waals surface area contributed by atoms with E-state index in [1.165, 1.54) is 20.3 Å². The summed E-state index contributed by atoms with van der Waals surface area (Å²) >= 11 is 5.93. The Morgan fingerprint density at radius 1 is 1.40 bits per heavy atom. The number of benzene rings is 1. The highest BCUT2D eigenvalue weighted by Crippen LogP contribution is 2.34. The lowest BCUT2D eigenvalue weighted by molar-refractivity contribution is -0.135. The van der Waals surface area contributed by atoms with E-state index in [0.717, 1.165) is 0 Å². The van der Waals surface area contributed by atoms with Gasteiger partial charge in [-0.05, 0) is 30.2 Å². The Morgan fingerprint density at radius 2 is 2.04 bits per heavy atom. The molecule has 134 valence electrons. The van der Waals surface area contributed by atoms with E-state index in [1.54, 1.807) is 18.2 Å². The second-order valence-corrected chi connectivity index (χ2v) is 5.42. The average Bonchev–Trinajstić information content (AvgIpc) is 2.60. The average molecular weight is 366 g/mol. The molecule has 1 aromatic rings. The molecule has 0 unspecified atom stereocenters. The molecule has 2 N–H and O–H groups in total. The van der Waals surface area contributed by atoms with E-state index in [2.05, 4.69) is 17.9 Å². The van der Waals surface area contributed by atoms with Crippen molar-refractivity contribution in [2.24, 2.45) is 5.73 Å². The van der Waals surface area contributed by atoms with Crippen LogP contribution in [0.3, 0.4) is 0 Å². The highest BCUT2D eigenvalue weighted by molar-refractivity contribution is 6.32. The van der Waals surface area contributed by atoms with Crippen molar-refractivity contribution in [3.05, 3.63) is 70.7 Å². The second kappa shape index (κ2) is 9.08. The SMILES string of the molecule is C=C/C(C(=C)C(=O)OC)=C(N)/C=C(\CC)c1ccc(Cl)c(OC)c1F.